The number of hydrogen-bond acceptors (Lipinski definition) is 2. The van der Waals surface area contributed by atoms with Crippen LogP contribution in [-0.4, -0.2) is 30.0 Å². The Labute approximate surface area is 98.3 Å². The van der Waals surface area contributed by atoms with Crippen LogP contribution in [0.1, 0.15) is 45.4 Å². The quantitative estimate of drug-likeness (QED) is 0.329. The number of nitrogens with two attached hydrogens (primary N) is 1. The van der Waals surface area contributed by atoms with Crippen molar-refractivity contribution in [1.29, 1.82) is 0 Å². The first-order valence-corrected chi connectivity index (χ1v) is 6.62. The van der Waals surface area contributed by atoms with Crippen molar-refractivity contribution in [3.63, 3.8) is 0 Å². The van der Waals surface area contributed by atoms with Crippen LogP contribution in [0.4, 0.5) is 0 Å². The van der Waals surface area contributed by atoms with E-state index in [2.05, 4.69) is 17.2 Å². The highest BCUT2D eigenvalue weighted by molar-refractivity contribution is 5.79. The van der Waals surface area contributed by atoms with Gasteiger partial charge in [-0.3, -0.25) is 5.43 Å². The van der Waals surface area contributed by atoms with Gasteiger partial charge in [0.25, 0.3) is 0 Å². The summed E-state index contributed by atoms with van der Waals surface area (Å²) in [6, 6.07) is 0.499. The van der Waals surface area contributed by atoms with E-state index in [0.717, 1.165) is 25.0 Å². The molecule has 0 aromatic heterocycles. The Morgan fingerprint density at radius 1 is 1.31 bits per heavy atom. The van der Waals surface area contributed by atoms with E-state index in [9.17, 15) is 0 Å². The van der Waals surface area contributed by atoms with Crippen LogP contribution in [0.15, 0.2) is 4.99 Å². The summed E-state index contributed by atoms with van der Waals surface area (Å²) in [5.74, 6) is 7.38. The van der Waals surface area contributed by atoms with E-state index in [0.29, 0.717) is 6.04 Å². The van der Waals surface area contributed by atoms with Crippen LogP contribution in [0, 0.1) is 5.92 Å². The molecule has 0 amide bonds. The second-order valence-electron chi connectivity index (χ2n) is 5.02. The van der Waals surface area contributed by atoms with Gasteiger partial charge >= 0.3 is 0 Å². The van der Waals surface area contributed by atoms with Crippen molar-refractivity contribution in [3.8, 4) is 0 Å². The molecule has 2 fully saturated rings. The van der Waals surface area contributed by atoms with Crippen LogP contribution in [0.5, 0.6) is 0 Å². The number of aliphatic imine (C=N–C) groups is 1. The third-order valence-electron chi connectivity index (χ3n) is 3.62. The smallest absolute Gasteiger partial charge is 0.208 e. The lowest BCUT2D eigenvalue weighted by atomic mass is 10.3. The lowest BCUT2D eigenvalue weighted by Gasteiger charge is -2.24. The molecule has 16 heavy (non-hydrogen) atoms. The van der Waals surface area contributed by atoms with Crippen molar-refractivity contribution in [1.82, 2.24) is 10.3 Å². The molecule has 4 heteroatoms. The maximum Gasteiger partial charge on any atom is 0.208 e. The summed E-state index contributed by atoms with van der Waals surface area (Å²) in [4.78, 5) is 7.04. The maximum atomic E-state index is 5.60. The monoisotopic (exact) mass is 224 g/mol. The summed E-state index contributed by atoms with van der Waals surface area (Å²) >= 11 is 0. The van der Waals surface area contributed by atoms with E-state index in [1.54, 1.807) is 0 Å². The van der Waals surface area contributed by atoms with Gasteiger partial charge in [0.15, 0.2) is 0 Å². The SMILES string of the molecule is CCN(CC1CC1)C(=NC1CCCC1)NN. The number of hydrazine groups is 1. The molecule has 0 saturated heterocycles. The maximum absolute atomic E-state index is 5.60. The topological polar surface area (TPSA) is 53.6 Å². The molecule has 92 valence electrons. The van der Waals surface area contributed by atoms with Gasteiger partial charge in [0, 0.05) is 13.1 Å². The Kier molecular flexibility index (Phi) is 4.04. The van der Waals surface area contributed by atoms with Gasteiger partial charge < -0.3 is 4.90 Å². The van der Waals surface area contributed by atoms with Crippen molar-refractivity contribution in [2.75, 3.05) is 13.1 Å². The number of guanidine groups is 1. The van der Waals surface area contributed by atoms with E-state index >= 15 is 0 Å². The van der Waals surface area contributed by atoms with Gasteiger partial charge in [-0.25, -0.2) is 10.8 Å². The molecule has 0 bridgehead atoms. The molecule has 2 aliphatic carbocycles. The van der Waals surface area contributed by atoms with Crippen molar-refractivity contribution in [3.05, 3.63) is 0 Å². The van der Waals surface area contributed by atoms with E-state index in [-0.39, 0.29) is 0 Å². The fourth-order valence-corrected chi connectivity index (χ4v) is 2.39. The third-order valence-corrected chi connectivity index (χ3v) is 3.62. The predicted octanol–water partition coefficient (Wildman–Crippen LogP) is 1.48. The summed E-state index contributed by atoms with van der Waals surface area (Å²) in [7, 11) is 0. The summed E-state index contributed by atoms with van der Waals surface area (Å²) in [5.41, 5.74) is 2.79. The Hall–Kier alpha value is -0.770. The minimum Gasteiger partial charge on any atom is -0.342 e. The third kappa shape index (κ3) is 3.11. The zero-order valence-electron chi connectivity index (χ0n) is 10.3. The van der Waals surface area contributed by atoms with Crippen LogP contribution in [-0.2, 0) is 0 Å². The summed E-state index contributed by atoms with van der Waals surface area (Å²) in [6.45, 7) is 4.28. The molecule has 4 nitrogen and oxygen atoms in total. The highest BCUT2D eigenvalue weighted by Gasteiger charge is 2.25. The van der Waals surface area contributed by atoms with Gasteiger partial charge in [0.1, 0.15) is 0 Å². The second kappa shape index (κ2) is 5.53. The van der Waals surface area contributed by atoms with Crippen LogP contribution < -0.4 is 11.3 Å². The lowest BCUT2D eigenvalue weighted by Crippen LogP contribution is -2.46. The van der Waals surface area contributed by atoms with E-state index in [1.165, 1.54) is 38.5 Å². The molecule has 0 heterocycles. The van der Waals surface area contributed by atoms with Crippen LogP contribution in [0.3, 0.4) is 0 Å². The average Bonchev–Trinajstić information content (AvgIpc) is 2.98. The number of nitrogens with zero attached hydrogens (tertiary/aromatic N) is 2. The Morgan fingerprint density at radius 2 is 2.00 bits per heavy atom. The van der Waals surface area contributed by atoms with E-state index in [4.69, 9.17) is 10.8 Å². The fourth-order valence-electron chi connectivity index (χ4n) is 2.39. The minimum atomic E-state index is 0.499. The van der Waals surface area contributed by atoms with Crippen molar-refractivity contribution in [2.24, 2.45) is 16.8 Å². The zero-order valence-corrected chi connectivity index (χ0v) is 10.3. The van der Waals surface area contributed by atoms with E-state index in [1.807, 2.05) is 0 Å². The van der Waals surface area contributed by atoms with Gasteiger partial charge in [-0.1, -0.05) is 12.8 Å². The molecule has 0 atom stereocenters. The van der Waals surface area contributed by atoms with Crippen molar-refractivity contribution in [2.45, 2.75) is 51.5 Å². The molecule has 0 aromatic rings. The summed E-state index contributed by atoms with van der Waals surface area (Å²) in [6.07, 6.45) is 7.84. The van der Waals surface area contributed by atoms with Crippen molar-refractivity contribution < 1.29 is 0 Å². The Balaban J connectivity index is 1.93. The van der Waals surface area contributed by atoms with Gasteiger partial charge in [-0.15, -0.1) is 0 Å². The first-order chi connectivity index (χ1) is 7.83. The molecule has 0 radical (unpaired) electrons. The summed E-state index contributed by atoms with van der Waals surface area (Å²) in [5, 5.41) is 0. The van der Waals surface area contributed by atoms with Crippen molar-refractivity contribution >= 4 is 5.96 Å². The summed E-state index contributed by atoms with van der Waals surface area (Å²) < 4.78 is 0. The fraction of sp³-hybridized carbons (Fsp3) is 0.917. The van der Waals surface area contributed by atoms with Crippen LogP contribution in [0.2, 0.25) is 0 Å². The average molecular weight is 224 g/mol. The molecule has 2 saturated carbocycles. The largest absolute Gasteiger partial charge is 0.342 e. The highest BCUT2D eigenvalue weighted by Crippen LogP contribution is 2.29. The molecule has 3 N–H and O–H groups in total. The lowest BCUT2D eigenvalue weighted by molar-refractivity contribution is 0.400. The highest BCUT2D eigenvalue weighted by atomic mass is 15.4. The number of hydrogen-bond donors (Lipinski definition) is 2. The normalized spacial score (nSPS) is 22.5. The van der Waals surface area contributed by atoms with Gasteiger partial charge in [0.05, 0.1) is 6.04 Å². The van der Waals surface area contributed by atoms with Gasteiger partial charge in [0.2, 0.25) is 5.96 Å². The number of nitrogens with one attached hydrogen (secondary N) is 1. The second-order valence-corrected chi connectivity index (χ2v) is 5.02. The molecule has 0 aromatic carbocycles. The Bertz CT molecular complexity index is 241. The molecule has 2 rings (SSSR count). The molecular weight excluding hydrogens is 200 g/mol. The standard InChI is InChI=1S/C12H24N4/c1-2-16(9-10-7-8-10)12(15-13)14-11-5-3-4-6-11/h10-11H,2-9,13H2,1H3,(H,14,15). The van der Waals surface area contributed by atoms with Gasteiger partial charge in [-0.2, -0.15) is 0 Å². The molecule has 2 aliphatic rings. The van der Waals surface area contributed by atoms with Crippen LogP contribution >= 0.6 is 0 Å². The minimum absolute atomic E-state index is 0.499. The predicted molar refractivity (Wildman–Crippen MR) is 67.0 cm³/mol. The van der Waals surface area contributed by atoms with Crippen LogP contribution in [0.25, 0.3) is 0 Å². The molecular formula is C12H24N4. The zero-order chi connectivity index (χ0) is 11.4. The molecule has 0 aliphatic heterocycles. The molecule has 0 unspecified atom stereocenters. The Morgan fingerprint density at radius 3 is 2.50 bits per heavy atom. The van der Waals surface area contributed by atoms with Gasteiger partial charge in [-0.05, 0) is 38.5 Å². The van der Waals surface area contributed by atoms with E-state index < -0.39 is 0 Å². The first-order valence-electron chi connectivity index (χ1n) is 6.62. The molecule has 0 spiro atoms. The first kappa shape index (κ1) is 11.7. The number of rotatable bonds is 4.